The minimum atomic E-state index is -3.40. The van der Waals surface area contributed by atoms with Gasteiger partial charge in [-0.1, -0.05) is 18.2 Å². The number of fused-ring (bicyclic) bond motifs is 1. The number of nitrogens with zero attached hydrogens (tertiary/aromatic N) is 1. The molecule has 4 nitrogen and oxygen atoms in total. The van der Waals surface area contributed by atoms with Gasteiger partial charge in [0, 0.05) is 24.4 Å². The number of rotatable bonds is 3. The highest BCUT2D eigenvalue weighted by Gasteiger charge is 2.33. The van der Waals surface area contributed by atoms with Gasteiger partial charge in [-0.15, -0.1) is 11.3 Å². The van der Waals surface area contributed by atoms with Crippen molar-refractivity contribution in [3.05, 3.63) is 30.3 Å². The van der Waals surface area contributed by atoms with E-state index in [0.29, 0.717) is 17.3 Å². The molecule has 1 fully saturated rings. The van der Waals surface area contributed by atoms with E-state index in [0.717, 1.165) is 16.5 Å². The van der Waals surface area contributed by atoms with E-state index in [1.165, 1.54) is 15.6 Å². The molecule has 1 atom stereocenters. The van der Waals surface area contributed by atoms with Crippen LogP contribution in [0.1, 0.15) is 6.42 Å². The van der Waals surface area contributed by atoms with Gasteiger partial charge < -0.3 is 5.11 Å². The first-order chi connectivity index (χ1) is 9.11. The number of aliphatic hydroxyl groups excluding tert-OH is 1. The zero-order valence-corrected chi connectivity index (χ0v) is 12.0. The van der Waals surface area contributed by atoms with Crippen LogP contribution in [-0.2, 0) is 10.0 Å². The Kier molecular flexibility index (Phi) is 3.34. The topological polar surface area (TPSA) is 57.6 Å². The summed E-state index contributed by atoms with van der Waals surface area (Å²) in [5, 5.41) is 10.1. The largest absolute Gasteiger partial charge is 0.396 e. The Morgan fingerprint density at radius 1 is 1.37 bits per heavy atom. The summed E-state index contributed by atoms with van der Waals surface area (Å²) < 4.78 is 27.9. The summed E-state index contributed by atoms with van der Waals surface area (Å²) in [6.07, 6.45) is 0.737. The van der Waals surface area contributed by atoms with Crippen molar-refractivity contribution in [2.45, 2.75) is 10.6 Å². The molecule has 3 rings (SSSR count). The quantitative estimate of drug-likeness (QED) is 0.941. The van der Waals surface area contributed by atoms with E-state index >= 15 is 0 Å². The molecular weight excluding hydrogens is 282 g/mol. The zero-order valence-electron chi connectivity index (χ0n) is 10.3. The highest BCUT2D eigenvalue weighted by molar-refractivity contribution is 7.91. The van der Waals surface area contributed by atoms with Crippen LogP contribution in [0.2, 0.25) is 0 Å². The average molecular weight is 297 g/mol. The molecule has 0 saturated carbocycles. The second-order valence-electron chi connectivity index (χ2n) is 4.80. The van der Waals surface area contributed by atoms with Crippen molar-refractivity contribution in [1.29, 1.82) is 0 Å². The fraction of sp³-hybridized carbons (Fsp3) is 0.385. The van der Waals surface area contributed by atoms with Crippen LogP contribution in [0.5, 0.6) is 0 Å². The number of hydrogen-bond acceptors (Lipinski definition) is 4. The average Bonchev–Trinajstić information content (AvgIpc) is 3.05. The first-order valence-corrected chi connectivity index (χ1v) is 8.46. The van der Waals surface area contributed by atoms with E-state index in [2.05, 4.69) is 0 Å². The highest BCUT2D eigenvalue weighted by atomic mass is 32.2. The molecule has 6 heteroatoms. The predicted octanol–water partition coefficient (Wildman–Crippen LogP) is 1.90. The lowest BCUT2D eigenvalue weighted by molar-refractivity contribution is 0.233. The van der Waals surface area contributed by atoms with Crippen LogP contribution >= 0.6 is 11.3 Å². The second kappa shape index (κ2) is 4.86. The zero-order chi connectivity index (χ0) is 13.5. The molecule has 0 unspecified atom stereocenters. The summed E-state index contributed by atoms with van der Waals surface area (Å²) in [5.41, 5.74) is 0. The second-order valence-corrected chi connectivity index (χ2v) is 8.05. The predicted molar refractivity (Wildman–Crippen MR) is 75.8 cm³/mol. The molecule has 0 bridgehead atoms. The van der Waals surface area contributed by atoms with Crippen molar-refractivity contribution in [2.75, 3.05) is 19.7 Å². The van der Waals surface area contributed by atoms with E-state index in [1.807, 2.05) is 24.3 Å². The Bertz CT molecular complexity index is 660. The smallest absolute Gasteiger partial charge is 0.252 e. The lowest BCUT2D eigenvalue weighted by atomic mass is 10.1. The van der Waals surface area contributed by atoms with Crippen molar-refractivity contribution >= 4 is 31.4 Å². The van der Waals surface area contributed by atoms with Crippen LogP contribution in [-0.4, -0.2) is 37.5 Å². The molecule has 2 heterocycles. The molecule has 0 radical (unpaired) electrons. The van der Waals surface area contributed by atoms with Gasteiger partial charge in [-0.2, -0.15) is 4.31 Å². The third-order valence-corrected chi connectivity index (χ3v) is 6.93. The minimum absolute atomic E-state index is 0.0540. The van der Waals surface area contributed by atoms with Crippen LogP contribution in [0, 0.1) is 5.92 Å². The number of aliphatic hydroxyl groups is 1. The number of benzene rings is 1. The first-order valence-electron chi connectivity index (χ1n) is 6.21. The molecule has 1 saturated heterocycles. The summed E-state index contributed by atoms with van der Waals surface area (Å²) in [7, 11) is -3.40. The summed E-state index contributed by atoms with van der Waals surface area (Å²) in [5.74, 6) is 0.0733. The fourth-order valence-corrected chi connectivity index (χ4v) is 5.46. The van der Waals surface area contributed by atoms with Gasteiger partial charge in [-0.3, -0.25) is 0 Å². The van der Waals surface area contributed by atoms with Gasteiger partial charge in [-0.05, 0) is 29.9 Å². The minimum Gasteiger partial charge on any atom is -0.396 e. The maximum Gasteiger partial charge on any atom is 0.252 e. The van der Waals surface area contributed by atoms with Gasteiger partial charge >= 0.3 is 0 Å². The number of sulfonamides is 1. The van der Waals surface area contributed by atoms with E-state index in [9.17, 15) is 8.42 Å². The summed E-state index contributed by atoms with van der Waals surface area (Å²) in [6.45, 7) is 0.979. The van der Waals surface area contributed by atoms with E-state index in [1.54, 1.807) is 6.07 Å². The highest BCUT2D eigenvalue weighted by Crippen LogP contribution is 2.32. The van der Waals surface area contributed by atoms with E-state index in [4.69, 9.17) is 5.11 Å². The molecule has 1 N–H and O–H groups in total. The maximum absolute atomic E-state index is 12.5. The molecular formula is C13H15NO3S2. The Balaban J connectivity index is 1.96. The van der Waals surface area contributed by atoms with Gasteiger partial charge in [0.2, 0.25) is 0 Å². The molecule has 1 aliphatic heterocycles. The Morgan fingerprint density at radius 3 is 2.84 bits per heavy atom. The van der Waals surface area contributed by atoms with Gasteiger partial charge in [0.25, 0.3) is 10.0 Å². The van der Waals surface area contributed by atoms with Crippen molar-refractivity contribution in [3.8, 4) is 0 Å². The molecule has 0 spiro atoms. The lowest BCUT2D eigenvalue weighted by Gasteiger charge is -2.14. The number of hydrogen-bond donors (Lipinski definition) is 1. The lowest BCUT2D eigenvalue weighted by Crippen LogP contribution is -2.28. The monoisotopic (exact) mass is 297 g/mol. The van der Waals surface area contributed by atoms with Gasteiger partial charge in [0.15, 0.2) is 0 Å². The molecule has 2 aromatic rings. The van der Waals surface area contributed by atoms with Crippen LogP contribution in [0.3, 0.4) is 0 Å². The van der Waals surface area contributed by atoms with Crippen molar-refractivity contribution < 1.29 is 13.5 Å². The van der Waals surface area contributed by atoms with Crippen molar-refractivity contribution in [1.82, 2.24) is 4.31 Å². The van der Waals surface area contributed by atoms with Crippen LogP contribution in [0.25, 0.3) is 10.1 Å². The third-order valence-electron chi connectivity index (χ3n) is 3.50. The van der Waals surface area contributed by atoms with Gasteiger partial charge in [0.1, 0.15) is 4.21 Å². The Labute approximate surface area is 116 Å². The van der Waals surface area contributed by atoms with Crippen LogP contribution < -0.4 is 0 Å². The van der Waals surface area contributed by atoms with Crippen molar-refractivity contribution in [3.63, 3.8) is 0 Å². The SMILES string of the molecule is O=S(=O)(c1cc2ccccc2s1)N1CC[C@@H](CO)C1. The Morgan fingerprint density at radius 2 is 2.16 bits per heavy atom. The molecule has 0 aliphatic carbocycles. The van der Waals surface area contributed by atoms with E-state index in [-0.39, 0.29) is 12.5 Å². The van der Waals surface area contributed by atoms with Gasteiger partial charge in [-0.25, -0.2) is 8.42 Å². The third kappa shape index (κ3) is 2.29. The summed E-state index contributed by atoms with van der Waals surface area (Å²) >= 11 is 1.31. The Hall–Kier alpha value is -0.950. The molecule has 19 heavy (non-hydrogen) atoms. The standard InChI is InChI=1S/C13H15NO3S2/c15-9-10-5-6-14(8-10)19(16,17)13-7-11-3-1-2-4-12(11)18-13/h1-4,7,10,15H,5-6,8-9H2/t10-/m1/s1. The van der Waals surface area contributed by atoms with Crippen molar-refractivity contribution in [2.24, 2.45) is 5.92 Å². The molecule has 1 aromatic carbocycles. The molecule has 1 aromatic heterocycles. The van der Waals surface area contributed by atoms with Crippen LogP contribution in [0.4, 0.5) is 0 Å². The molecule has 102 valence electrons. The first kappa shape index (κ1) is 13.1. The summed E-state index contributed by atoms with van der Waals surface area (Å²) in [6, 6.07) is 9.41. The fourth-order valence-electron chi connectivity index (χ4n) is 2.38. The molecule has 1 aliphatic rings. The number of thiophene rings is 1. The van der Waals surface area contributed by atoms with Gasteiger partial charge in [0.05, 0.1) is 0 Å². The maximum atomic E-state index is 12.5. The molecule has 0 amide bonds. The van der Waals surface area contributed by atoms with E-state index < -0.39 is 10.0 Å². The summed E-state index contributed by atoms with van der Waals surface area (Å²) in [4.78, 5) is 0. The van der Waals surface area contributed by atoms with Crippen LogP contribution in [0.15, 0.2) is 34.5 Å². The normalized spacial score (nSPS) is 21.2.